The van der Waals surface area contributed by atoms with Crippen molar-refractivity contribution in [3.05, 3.63) is 52.6 Å². The molecule has 0 saturated carbocycles. The van der Waals surface area contributed by atoms with Gasteiger partial charge in [0.2, 0.25) is 5.89 Å². The predicted octanol–water partition coefficient (Wildman–Crippen LogP) is 4.94. The van der Waals surface area contributed by atoms with E-state index in [0.717, 1.165) is 35.1 Å². The molecular formula is C25H29N3O2. The molecule has 2 bridgehead atoms. The summed E-state index contributed by atoms with van der Waals surface area (Å²) in [5, 5.41) is 0. The van der Waals surface area contributed by atoms with E-state index >= 15 is 0 Å². The minimum Gasteiger partial charge on any atom is -0.436 e. The minimum atomic E-state index is -0.416. The molecule has 3 aromatic rings. The second-order valence-corrected chi connectivity index (χ2v) is 9.10. The fourth-order valence-electron chi connectivity index (χ4n) is 5.74. The Bertz CT molecular complexity index is 1100. The lowest BCUT2D eigenvalue weighted by Gasteiger charge is -2.47. The second-order valence-electron chi connectivity index (χ2n) is 9.10. The maximum absolute atomic E-state index is 12.6. The molecule has 1 amide bonds. The number of rotatable bonds is 3. The van der Waals surface area contributed by atoms with Gasteiger partial charge in [-0.3, -0.25) is 4.79 Å². The molecule has 2 atom stereocenters. The molecule has 2 saturated heterocycles. The number of aromatic nitrogens is 1. The van der Waals surface area contributed by atoms with Crippen molar-refractivity contribution in [3.63, 3.8) is 0 Å². The first-order valence-electron chi connectivity index (χ1n) is 11.0. The largest absolute Gasteiger partial charge is 0.436 e. The quantitative estimate of drug-likeness (QED) is 0.672. The monoisotopic (exact) mass is 403 g/mol. The van der Waals surface area contributed by atoms with Gasteiger partial charge in [-0.1, -0.05) is 30.7 Å². The third-order valence-corrected chi connectivity index (χ3v) is 7.31. The van der Waals surface area contributed by atoms with Crippen LogP contribution in [0.1, 0.15) is 65.1 Å². The molecule has 1 aromatic heterocycles. The predicted molar refractivity (Wildman–Crippen MR) is 119 cm³/mol. The van der Waals surface area contributed by atoms with Gasteiger partial charge in [0.15, 0.2) is 5.58 Å². The number of hydrogen-bond donors (Lipinski definition) is 1. The van der Waals surface area contributed by atoms with Crippen LogP contribution in [-0.4, -0.2) is 34.9 Å². The number of nitrogens with zero attached hydrogens (tertiary/aromatic N) is 2. The van der Waals surface area contributed by atoms with Crippen LogP contribution < -0.4 is 5.73 Å². The van der Waals surface area contributed by atoms with Crippen LogP contribution in [0.2, 0.25) is 0 Å². The Morgan fingerprint density at radius 2 is 1.77 bits per heavy atom. The van der Waals surface area contributed by atoms with Crippen LogP contribution in [0, 0.1) is 13.8 Å². The van der Waals surface area contributed by atoms with Crippen LogP contribution in [-0.2, 0) is 0 Å². The average molecular weight is 404 g/mol. The van der Waals surface area contributed by atoms with Crippen molar-refractivity contribution in [1.82, 2.24) is 9.88 Å². The molecule has 2 aromatic carbocycles. The molecule has 2 N–H and O–H groups in total. The van der Waals surface area contributed by atoms with Gasteiger partial charge in [0, 0.05) is 17.6 Å². The van der Waals surface area contributed by atoms with Gasteiger partial charge in [-0.2, -0.15) is 0 Å². The highest BCUT2D eigenvalue weighted by atomic mass is 16.3. The summed E-state index contributed by atoms with van der Waals surface area (Å²) in [7, 11) is 2.25. The molecule has 3 heterocycles. The fraction of sp³-hybridized carbons (Fsp3) is 0.440. The summed E-state index contributed by atoms with van der Waals surface area (Å²) in [4.78, 5) is 19.9. The van der Waals surface area contributed by atoms with E-state index in [1.807, 2.05) is 18.2 Å². The Kier molecular flexibility index (Phi) is 4.66. The van der Waals surface area contributed by atoms with E-state index in [1.54, 1.807) is 0 Å². The summed E-state index contributed by atoms with van der Waals surface area (Å²) in [5.74, 6) is 0.477. The third kappa shape index (κ3) is 3.03. The molecular weight excluding hydrogens is 374 g/mol. The third-order valence-electron chi connectivity index (χ3n) is 7.31. The second kappa shape index (κ2) is 7.24. The Labute approximate surface area is 177 Å². The van der Waals surface area contributed by atoms with Crippen molar-refractivity contribution in [2.45, 2.75) is 64.0 Å². The molecule has 0 radical (unpaired) electrons. The lowest BCUT2D eigenvalue weighted by Crippen LogP contribution is -2.49. The first-order valence-corrected chi connectivity index (χ1v) is 11.0. The molecule has 0 spiro atoms. The van der Waals surface area contributed by atoms with E-state index < -0.39 is 5.91 Å². The number of oxazole rings is 1. The molecule has 30 heavy (non-hydrogen) atoms. The number of piperidine rings is 2. The highest BCUT2D eigenvalue weighted by molar-refractivity contribution is 6.05. The van der Waals surface area contributed by atoms with E-state index in [2.05, 4.69) is 37.9 Å². The summed E-state index contributed by atoms with van der Waals surface area (Å²) < 4.78 is 6.11. The van der Waals surface area contributed by atoms with E-state index in [-0.39, 0.29) is 0 Å². The van der Waals surface area contributed by atoms with Crippen molar-refractivity contribution >= 4 is 17.0 Å². The Balaban J connectivity index is 1.62. The Hall–Kier alpha value is -2.66. The zero-order valence-electron chi connectivity index (χ0n) is 17.9. The molecule has 5 heteroatoms. The zero-order valence-corrected chi connectivity index (χ0v) is 17.9. The minimum absolute atomic E-state index is 0.337. The van der Waals surface area contributed by atoms with Crippen LogP contribution in [0.3, 0.4) is 0 Å². The van der Waals surface area contributed by atoms with Gasteiger partial charge in [0.1, 0.15) is 5.52 Å². The maximum Gasteiger partial charge on any atom is 0.251 e. The summed E-state index contributed by atoms with van der Waals surface area (Å²) in [6.07, 6.45) is 5.91. The number of aryl methyl sites for hydroxylation is 2. The van der Waals surface area contributed by atoms with E-state index in [0.29, 0.717) is 40.6 Å². The smallest absolute Gasteiger partial charge is 0.251 e. The lowest BCUT2D eigenvalue weighted by atomic mass is 9.75. The summed E-state index contributed by atoms with van der Waals surface area (Å²) in [6, 6.07) is 11.3. The standard InChI is InChI=1S/C25H29N3O2/c1-14-6-4-7-15(2)21(14)25-27-23-20(30-25)11-10-19(22(23)24(26)29)16-12-17-8-5-9-18(13-16)28(17)3/h4,6-7,10-11,16-18H,5,8-9,12-13H2,1-3H3,(H2,26,29). The molecule has 2 fully saturated rings. The molecule has 2 aliphatic rings. The van der Waals surface area contributed by atoms with Gasteiger partial charge in [-0.15, -0.1) is 0 Å². The van der Waals surface area contributed by atoms with Crippen molar-refractivity contribution < 1.29 is 9.21 Å². The number of carbonyl (C=O) groups excluding carboxylic acids is 1. The van der Waals surface area contributed by atoms with Gasteiger partial charge < -0.3 is 15.1 Å². The first kappa shape index (κ1) is 19.3. The summed E-state index contributed by atoms with van der Waals surface area (Å²) in [6.45, 7) is 4.10. The van der Waals surface area contributed by atoms with Crippen LogP contribution >= 0.6 is 0 Å². The van der Waals surface area contributed by atoms with Gasteiger partial charge in [0.25, 0.3) is 5.91 Å². The van der Waals surface area contributed by atoms with Crippen LogP contribution in [0.25, 0.3) is 22.6 Å². The molecule has 5 rings (SSSR count). The number of primary amides is 1. The average Bonchev–Trinajstić information content (AvgIpc) is 3.10. The zero-order chi connectivity index (χ0) is 21.0. The first-order chi connectivity index (χ1) is 14.4. The van der Waals surface area contributed by atoms with Gasteiger partial charge in [0.05, 0.1) is 5.56 Å². The summed E-state index contributed by atoms with van der Waals surface area (Å²) >= 11 is 0. The van der Waals surface area contributed by atoms with Crippen molar-refractivity contribution in [2.75, 3.05) is 7.05 Å². The topological polar surface area (TPSA) is 72.4 Å². The van der Waals surface area contributed by atoms with Gasteiger partial charge >= 0.3 is 0 Å². The number of amides is 1. The Morgan fingerprint density at radius 1 is 1.10 bits per heavy atom. The number of benzene rings is 2. The number of carbonyl (C=O) groups is 1. The fourth-order valence-corrected chi connectivity index (χ4v) is 5.74. The van der Waals surface area contributed by atoms with Crippen LogP contribution in [0.5, 0.6) is 0 Å². The SMILES string of the molecule is Cc1cccc(C)c1-c1nc2c(C(N)=O)c(C3CC4CCCC(C3)N4C)ccc2o1. The van der Waals surface area contributed by atoms with Gasteiger partial charge in [-0.25, -0.2) is 4.98 Å². The molecule has 156 valence electrons. The molecule has 2 unspecified atom stereocenters. The molecule has 2 aliphatic heterocycles. The maximum atomic E-state index is 12.6. The van der Waals surface area contributed by atoms with Gasteiger partial charge in [-0.05, 0) is 75.3 Å². The number of nitrogens with two attached hydrogens (primary N) is 1. The molecule has 5 nitrogen and oxygen atoms in total. The highest BCUT2D eigenvalue weighted by Gasteiger charge is 2.38. The van der Waals surface area contributed by atoms with E-state index in [4.69, 9.17) is 15.1 Å². The van der Waals surface area contributed by atoms with Crippen molar-refractivity contribution in [3.8, 4) is 11.5 Å². The van der Waals surface area contributed by atoms with E-state index in [1.165, 1.54) is 19.3 Å². The van der Waals surface area contributed by atoms with Crippen LogP contribution in [0.15, 0.2) is 34.7 Å². The number of fused-ring (bicyclic) bond motifs is 3. The molecule has 0 aliphatic carbocycles. The van der Waals surface area contributed by atoms with Crippen molar-refractivity contribution in [2.24, 2.45) is 5.73 Å². The lowest BCUT2D eigenvalue weighted by molar-refractivity contribution is 0.0553. The van der Waals surface area contributed by atoms with E-state index in [9.17, 15) is 4.79 Å². The van der Waals surface area contributed by atoms with Crippen molar-refractivity contribution in [1.29, 1.82) is 0 Å². The number of hydrogen-bond acceptors (Lipinski definition) is 4. The summed E-state index contributed by atoms with van der Waals surface area (Å²) in [5.41, 5.74) is 11.9. The highest BCUT2D eigenvalue weighted by Crippen LogP contribution is 2.43. The Morgan fingerprint density at radius 3 is 2.40 bits per heavy atom. The van der Waals surface area contributed by atoms with Crippen LogP contribution in [0.4, 0.5) is 0 Å². The normalized spacial score (nSPS) is 24.3.